The average Bonchev–Trinajstić information content (AvgIpc) is 2.10. The number of rotatable bonds is 5. The van der Waals surface area contributed by atoms with Gasteiger partial charge in [0.25, 0.3) is 0 Å². The van der Waals surface area contributed by atoms with Gasteiger partial charge in [-0.3, -0.25) is 4.89 Å². The Hall–Kier alpha value is -1.03. The van der Waals surface area contributed by atoms with Gasteiger partial charge in [-0.1, -0.05) is 0 Å². The highest BCUT2D eigenvalue weighted by atomic mass is 17.2. The van der Waals surface area contributed by atoms with Crippen LogP contribution < -0.4 is 0 Å². The van der Waals surface area contributed by atoms with Gasteiger partial charge in [0.15, 0.2) is 0 Å². The zero-order valence-electron chi connectivity index (χ0n) is 7.62. The Bertz CT molecular complexity index is 162. The minimum atomic E-state index is -0.523. The zero-order chi connectivity index (χ0) is 9.40. The van der Waals surface area contributed by atoms with Gasteiger partial charge in [0, 0.05) is 0 Å². The van der Waals surface area contributed by atoms with E-state index in [0.29, 0.717) is 18.8 Å². The van der Waals surface area contributed by atoms with Crippen LogP contribution in [0.4, 0.5) is 0 Å². The summed E-state index contributed by atoms with van der Waals surface area (Å²) in [6.07, 6.45) is 1.35. The van der Waals surface area contributed by atoms with E-state index in [9.17, 15) is 4.79 Å². The van der Waals surface area contributed by atoms with Gasteiger partial charge in [-0.15, -0.1) is 0 Å². The Morgan fingerprint density at radius 2 is 2.00 bits per heavy atom. The largest absolute Gasteiger partial charge is 0.501 e. The highest BCUT2D eigenvalue weighted by molar-refractivity contribution is 5.86. The Morgan fingerprint density at radius 3 is 2.50 bits per heavy atom. The molecule has 12 heavy (non-hydrogen) atoms. The molecule has 0 fully saturated rings. The summed E-state index contributed by atoms with van der Waals surface area (Å²) >= 11 is 0. The van der Waals surface area contributed by atoms with Gasteiger partial charge in [-0.05, 0) is 20.8 Å². The molecule has 0 spiro atoms. The van der Waals surface area contributed by atoms with Crippen LogP contribution in [0.5, 0.6) is 0 Å². The highest BCUT2D eigenvalue weighted by Gasteiger charge is 2.05. The van der Waals surface area contributed by atoms with Crippen LogP contribution in [-0.4, -0.2) is 19.2 Å². The lowest BCUT2D eigenvalue weighted by molar-refractivity contribution is -0.265. The molecule has 0 radical (unpaired) electrons. The molecule has 0 atom stereocenters. The van der Waals surface area contributed by atoms with Crippen LogP contribution in [0.2, 0.25) is 0 Å². The summed E-state index contributed by atoms with van der Waals surface area (Å²) in [6, 6.07) is 0. The van der Waals surface area contributed by atoms with Crippen molar-refractivity contribution in [2.24, 2.45) is 0 Å². The van der Waals surface area contributed by atoms with E-state index >= 15 is 0 Å². The monoisotopic (exact) mass is 174 g/mol. The van der Waals surface area contributed by atoms with Crippen LogP contribution in [0.15, 0.2) is 11.8 Å². The van der Waals surface area contributed by atoms with Gasteiger partial charge in [-0.2, -0.15) is 4.89 Å². The fourth-order valence-electron chi connectivity index (χ4n) is 0.435. The van der Waals surface area contributed by atoms with E-state index in [2.05, 4.69) is 9.78 Å². The molecule has 4 heteroatoms. The summed E-state index contributed by atoms with van der Waals surface area (Å²) in [5.74, 6) is -0.523. The van der Waals surface area contributed by atoms with Crippen molar-refractivity contribution in [2.75, 3.05) is 13.2 Å². The first-order valence-corrected chi connectivity index (χ1v) is 3.84. The predicted octanol–water partition coefficient (Wildman–Crippen LogP) is 1.42. The molecule has 0 saturated carbocycles. The van der Waals surface area contributed by atoms with E-state index in [0.717, 1.165) is 0 Å². The maximum Gasteiger partial charge on any atom is 0.371 e. The molecular formula is C8H14O4. The van der Waals surface area contributed by atoms with Crippen molar-refractivity contribution in [3.8, 4) is 0 Å². The summed E-state index contributed by atoms with van der Waals surface area (Å²) in [5.41, 5.74) is 0.380. The molecular weight excluding hydrogens is 160 g/mol. The standard InChI is InChI=1S/C8H14O4/c1-4-10-6-7(3)8(9)12-11-5-2/h6H,4-5H2,1-3H3. The van der Waals surface area contributed by atoms with Crippen molar-refractivity contribution in [2.45, 2.75) is 20.8 Å². The normalized spacial score (nSPS) is 11.1. The van der Waals surface area contributed by atoms with Crippen molar-refractivity contribution in [1.29, 1.82) is 0 Å². The molecule has 0 aliphatic rings. The van der Waals surface area contributed by atoms with Crippen LogP contribution in [0.1, 0.15) is 20.8 Å². The van der Waals surface area contributed by atoms with Gasteiger partial charge >= 0.3 is 5.97 Å². The maximum atomic E-state index is 10.9. The number of carbonyl (C=O) groups is 1. The minimum absolute atomic E-state index is 0.341. The average molecular weight is 174 g/mol. The van der Waals surface area contributed by atoms with Crippen LogP contribution >= 0.6 is 0 Å². The Morgan fingerprint density at radius 1 is 1.33 bits per heavy atom. The molecule has 0 unspecified atom stereocenters. The summed E-state index contributed by atoms with van der Waals surface area (Å²) in [6.45, 7) is 6.02. The fraction of sp³-hybridized carbons (Fsp3) is 0.625. The third-order valence-corrected chi connectivity index (χ3v) is 1.00. The van der Waals surface area contributed by atoms with Gasteiger partial charge in [0.05, 0.1) is 25.0 Å². The second-order valence-electron chi connectivity index (χ2n) is 2.03. The van der Waals surface area contributed by atoms with Gasteiger partial charge in [-0.25, -0.2) is 4.79 Å². The predicted molar refractivity (Wildman–Crippen MR) is 43.1 cm³/mol. The van der Waals surface area contributed by atoms with E-state index in [1.54, 1.807) is 13.8 Å². The fourth-order valence-corrected chi connectivity index (χ4v) is 0.435. The van der Waals surface area contributed by atoms with Crippen molar-refractivity contribution < 1.29 is 19.3 Å². The van der Waals surface area contributed by atoms with Crippen LogP contribution in [0.25, 0.3) is 0 Å². The molecule has 0 bridgehead atoms. The van der Waals surface area contributed by atoms with Crippen molar-refractivity contribution in [3.63, 3.8) is 0 Å². The third kappa shape index (κ3) is 4.73. The summed E-state index contributed by atoms with van der Waals surface area (Å²) in [7, 11) is 0. The lowest BCUT2D eigenvalue weighted by Gasteiger charge is -2.01. The van der Waals surface area contributed by atoms with Crippen LogP contribution in [-0.2, 0) is 19.3 Å². The molecule has 0 aromatic heterocycles. The first kappa shape index (κ1) is 11.0. The summed E-state index contributed by atoms with van der Waals surface area (Å²) in [5, 5.41) is 0. The third-order valence-electron chi connectivity index (χ3n) is 1.00. The van der Waals surface area contributed by atoms with Crippen LogP contribution in [0.3, 0.4) is 0 Å². The SMILES string of the molecule is CCOC=C(C)C(=O)OOCC. The molecule has 0 amide bonds. The number of hydrogen-bond donors (Lipinski definition) is 0. The van der Waals surface area contributed by atoms with E-state index in [4.69, 9.17) is 4.74 Å². The molecule has 0 saturated heterocycles. The lowest BCUT2D eigenvalue weighted by Crippen LogP contribution is -2.06. The molecule has 4 nitrogen and oxygen atoms in total. The number of hydrogen-bond acceptors (Lipinski definition) is 4. The molecule has 0 aliphatic carbocycles. The first-order valence-electron chi connectivity index (χ1n) is 3.84. The first-order chi connectivity index (χ1) is 5.72. The quantitative estimate of drug-likeness (QED) is 0.273. The summed E-state index contributed by atoms with van der Waals surface area (Å²) < 4.78 is 4.88. The van der Waals surface area contributed by atoms with Crippen molar-refractivity contribution >= 4 is 5.97 Å². The zero-order valence-corrected chi connectivity index (χ0v) is 7.62. The Balaban J connectivity index is 3.75. The molecule has 0 N–H and O–H groups in total. The number of ether oxygens (including phenoxy) is 1. The van der Waals surface area contributed by atoms with Crippen LogP contribution in [0, 0.1) is 0 Å². The maximum absolute atomic E-state index is 10.9. The second kappa shape index (κ2) is 6.67. The Labute approximate surface area is 72.0 Å². The van der Waals surface area contributed by atoms with Crippen molar-refractivity contribution in [1.82, 2.24) is 0 Å². The molecule has 0 rings (SSSR count). The van der Waals surface area contributed by atoms with E-state index in [1.165, 1.54) is 6.26 Å². The number of carbonyl (C=O) groups excluding carboxylic acids is 1. The smallest absolute Gasteiger partial charge is 0.371 e. The topological polar surface area (TPSA) is 44.8 Å². The van der Waals surface area contributed by atoms with Gasteiger partial charge in [0.1, 0.15) is 0 Å². The van der Waals surface area contributed by atoms with E-state index < -0.39 is 5.97 Å². The van der Waals surface area contributed by atoms with E-state index in [1.807, 2.05) is 6.92 Å². The lowest BCUT2D eigenvalue weighted by atomic mass is 10.3. The second-order valence-corrected chi connectivity index (χ2v) is 2.03. The molecule has 0 heterocycles. The Kier molecular flexibility index (Phi) is 6.09. The summed E-state index contributed by atoms with van der Waals surface area (Å²) in [4.78, 5) is 19.7. The van der Waals surface area contributed by atoms with Crippen molar-refractivity contribution in [3.05, 3.63) is 11.8 Å². The molecule has 0 aromatic rings. The van der Waals surface area contributed by atoms with Gasteiger partial charge in [0.2, 0.25) is 0 Å². The van der Waals surface area contributed by atoms with E-state index in [-0.39, 0.29) is 0 Å². The molecule has 0 aliphatic heterocycles. The molecule has 70 valence electrons. The highest BCUT2D eigenvalue weighted by Crippen LogP contribution is 1.97. The minimum Gasteiger partial charge on any atom is -0.501 e. The van der Waals surface area contributed by atoms with Gasteiger partial charge < -0.3 is 4.74 Å². The molecule has 0 aromatic carbocycles.